The number of alkyl halides is 3. The van der Waals surface area contributed by atoms with Crippen LogP contribution in [0.5, 0.6) is 0 Å². The van der Waals surface area contributed by atoms with Crippen molar-refractivity contribution in [2.75, 3.05) is 13.1 Å². The van der Waals surface area contributed by atoms with Crippen molar-refractivity contribution in [2.24, 2.45) is 17.6 Å². The molecule has 5 nitrogen and oxygen atoms in total. The molecule has 1 amide bonds. The number of nitrogens with zero attached hydrogens (tertiary/aromatic N) is 2. The van der Waals surface area contributed by atoms with Crippen LogP contribution in [0.1, 0.15) is 11.7 Å². The largest absolute Gasteiger partial charge is 0.445 e. The molecule has 2 atom stereocenters. The number of aromatic nitrogens is 1. The van der Waals surface area contributed by atoms with Gasteiger partial charge in [-0.05, 0) is 6.92 Å². The Labute approximate surface area is 107 Å². The van der Waals surface area contributed by atoms with Crippen molar-refractivity contribution in [1.82, 2.24) is 9.88 Å². The Morgan fingerprint density at radius 3 is 2.68 bits per heavy atom. The topological polar surface area (TPSA) is 72.4 Å². The van der Waals surface area contributed by atoms with Gasteiger partial charge in [0, 0.05) is 13.1 Å². The molecule has 106 valence electrons. The number of halogens is 3. The average Bonchev–Trinajstić information content (AvgIpc) is 2.85. The van der Waals surface area contributed by atoms with Crippen LogP contribution >= 0.6 is 0 Å². The van der Waals surface area contributed by atoms with Crippen LogP contribution in [0.3, 0.4) is 0 Å². The van der Waals surface area contributed by atoms with E-state index < -0.39 is 23.9 Å². The van der Waals surface area contributed by atoms with E-state index in [4.69, 9.17) is 10.2 Å². The molecule has 1 saturated heterocycles. The van der Waals surface area contributed by atoms with Gasteiger partial charge < -0.3 is 10.2 Å². The summed E-state index contributed by atoms with van der Waals surface area (Å²) in [5.74, 6) is -2.93. The quantitative estimate of drug-likeness (QED) is 0.897. The molecular weight excluding hydrogens is 263 g/mol. The first kappa shape index (κ1) is 13.9. The fraction of sp³-hybridized carbons (Fsp3) is 0.636. The summed E-state index contributed by atoms with van der Waals surface area (Å²) in [6, 6.07) is 0. The second-order valence-electron chi connectivity index (χ2n) is 4.72. The van der Waals surface area contributed by atoms with E-state index >= 15 is 0 Å². The highest BCUT2D eigenvalue weighted by atomic mass is 19.4. The number of carbonyl (C=O) groups excluding carboxylic acids is 1. The summed E-state index contributed by atoms with van der Waals surface area (Å²) in [5, 5.41) is 0. The normalized spacial score (nSPS) is 24.8. The zero-order chi connectivity index (χ0) is 14.2. The Bertz CT molecular complexity index is 472. The molecule has 8 heteroatoms. The molecule has 1 fully saturated rings. The molecular formula is C11H14F3N3O2. The molecule has 2 rings (SSSR count). The zero-order valence-corrected chi connectivity index (χ0v) is 10.3. The Morgan fingerprint density at radius 1 is 1.58 bits per heavy atom. The van der Waals surface area contributed by atoms with Gasteiger partial charge in [-0.25, -0.2) is 4.98 Å². The van der Waals surface area contributed by atoms with Crippen molar-refractivity contribution in [3.63, 3.8) is 0 Å². The highest BCUT2D eigenvalue weighted by Gasteiger charge is 2.51. The first-order valence-electron chi connectivity index (χ1n) is 5.77. The van der Waals surface area contributed by atoms with Gasteiger partial charge in [0.1, 0.15) is 5.76 Å². The van der Waals surface area contributed by atoms with Crippen LogP contribution < -0.4 is 5.73 Å². The van der Waals surface area contributed by atoms with Crippen LogP contribution in [0.15, 0.2) is 10.6 Å². The molecule has 1 aliphatic rings. The van der Waals surface area contributed by atoms with Gasteiger partial charge in [-0.3, -0.25) is 9.69 Å². The molecule has 0 radical (unpaired) electrons. The third-order valence-electron chi connectivity index (χ3n) is 3.21. The van der Waals surface area contributed by atoms with E-state index in [0.717, 1.165) is 0 Å². The van der Waals surface area contributed by atoms with Crippen molar-refractivity contribution in [2.45, 2.75) is 19.6 Å². The van der Waals surface area contributed by atoms with Crippen molar-refractivity contribution in [1.29, 1.82) is 0 Å². The van der Waals surface area contributed by atoms with E-state index in [1.165, 1.54) is 11.1 Å². The summed E-state index contributed by atoms with van der Waals surface area (Å²) < 4.78 is 43.7. The molecule has 2 N–H and O–H groups in total. The molecule has 0 saturated carbocycles. The molecule has 0 aromatic carbocycles. The van der Waals surface area contributed by atoms with Gasteiger partial charge in [-0.2, -0.15) is 13.2 Å². The minimum Gasteiger partial charge on any atom is -0.445 e. The number of oxazole rings is 1. The van der Waals surface area contributed by atoms with E-state index in [-0.39, 0.29) is 19.6 Å². The van der Waals surface area contributed by atoms with Crippen LogP contribution in [-0.2, 0) is 11.3 Å². The van der Waals surface area contributed by atoms with Crippen molar-refractivity contribution in [3.8, 4) is 0 Å². The average molecular weight is 277 g/mol. The smallest absolute Gasteiger partial charge is 0.393 e. The van der Waals surface area contributed by atoms with Crippen LogP contribution in [0, 0.1) is 18.8 Å². The minimum absolute atomic E-state index is 0.0268. The van der Waals surface area contributed by atoms with Crippen LogP contribution in [0.2, 0.25) is 0 Å². The second-order valence-corrected chi connectivity index (χ2v) is 4.72. The minimum atomic E-state index is -4.43. The van der Waals surface area contributed by atoms with Gasteiger partial charge in [0.2, 0.25) is 11.8 Å². The summed E-state index contributed by atoms with van der Waals surface area (Å²) in [4.78, 5) is 16.5. The fourth-order valence-electron chi connectivity index (χ4n) is 2.30. The Balaban J connectivity index is 2.07. The number of likely N-dealkylation sites (tertiary alicyclic amines) is 1. The number of carbonyl (C=O) groups is 1. The fourth-order valence-corrected chi connectivity index (χ4v) is 2.30. The zero-order valence-electron chi connectivity index (χ0n) is 10.3. The third-order valence-corrected chi connectivity index (χ3v) is 3.21. The monoisotopic (exact) mass is 277 g/mol. The lowest BCUT2D eigenvalue weighted by molar-refractivity contribution is -0.182. The van der Waals surface area contributed by atoms with Gasteiger partial charge in [0.05, 0.1) is 24.6 Å². The third kappa shape index (κ3) is 3.06. The molecule has 0 bridgehead atoms. The van der Waals surface area contributed by atoms with Crippen molar-refractivity contribution in [3.05, 3.63) is 17.8 Å². The number of primary amides is 1. The van der Waals surface area contributed by atoms with Gasteiger partial charge in [-0.15, -0.1) is 0 Å². The molecule has 0 spiro atoms. The van der Waals surface area contributed by atoms with Gasteiger partial charge in [-0.1, -0.05) is 0 Å². The number of hydrogen-bond donors (Lipinski definition) is 1. The van der Waals surface area contributed by atoms with Crippen LogP contribution in [0.25, 0.3) is 0 Å². The van der Waals surface area contributed by atoms with E-state index in [2.05, 4.69) is 4.98 Å². The molecule has 0 unspecified atom stereocenters. The van der Waals surface area contributed by atoms with Crippen molar-refractivity contribution < 1.29 is 22.4 Å². The first-order chi connectivity index (χ1) is 8.77. The van der Waals surface area contributed by atoms with Crippen LogP contribution in [0.4, 0.5) is 13.2 Å². The highest BCUT2D eigenvalue weighted by molar-refractivity contribution is 5.77. The van der Waals surface area contributed by atoms with Gasteiger partial charge in [0.15, 0.2) is 0 Å². The number of amides is 1. The Morgan fingerprint density at radius 2 is 2.26 bits per heavy atom. The lowest BCUT2D eigenvalue weighted by atomic mass is 9.95. The molecule has 1 aromatic rings. The maximum atomic E-state index is 12.8. The van der Waals surface area contributed by atoms with Crippen LogP contribution in [-0.4, -0.2) is 35.1 Å². The van der Waals surface area contributed by atoms with Gasteiger partial charge in [0.25, 0.3) is 0 Å². The van der Waals surface area contributed by atoms with E-state index in [9.17, 15) is 18.0 Å². The first-order valence-corrected chi connectivity index (χ1v) is 5.77. The predicted octanol–water partition coefficient (Wildman–Crippen LogP) is 1.08. The summed E-state index contributed by atoms with van der Waals surface area (Å²) in [6.07, 6.45) is -2.93. The summed E-state index contributed by atoms with van der Waals surface area (Å²) in [5.41, 5.74) is 5.04. The number of hydrogen-bond acceptors (Lipinski definition) is 4. The number of nitrogens with two attached hydrogens (primary N) is 1. The van der Waals surface area contributed by atoms with Gasteiger partial charge >= 0.3 is 6.18 Å². The number of aryl methyl sites for hydroxylation is 1. The van der Waals surface area contributed by atoms with E-state index in [0.29, 0.717) is 11.7 Å². The Hall–Kier alpha value is -1.57. The summed E-state index contributed by atoms with van der Waals surface area (Å²) in [7, 11) is 0. The molecule has 19 heavy (non-hydrogen) atoms. The maximum absolute atomic E-state index is 12.8. The summed E-state index contributed by atoms with van der Waals surface area (Å²) in [6.45, 7) is 1.55. The predicted molar refractivity (Wildman–Crippen MR) is 58.7 cm³/mol. The summed E-state index contributed by atoms with van der Waals surface area (Å²) >= 11 is 0. The second kappa shape index (κ2) is 4.84. The number of rotatable bonds is 3. The lowest BCUT2D eigenvalue weighted by Gasteiger charge is -2.18. The molecule has 2 heterocycles. The standard InChI is InChI=1S/C11H14F3N3O2/c1-6-2-16-9(19-6)5-17-3-7(10(15)18)8(4-17)11(12,13)14/h2,7-8H,3-5H2,1H3,(H2,15,18)/t7-,8-/m1/s1. The van der Waals surface area contributed by atoms with E-state index in [1.54, 1.807) is 6.92 Å². The lowest BCUT2D eigenvalue weighted by Crippen LogP contribution is -2.37. The molecule has 1 aliphatic heterocycles. The highest BCUT2D eigenvalue weighted by Crippen LogP contribution is 2.37. The maximum Gasteiger partial charge on any atom is 0.393 e. The molecule has 1 aromatic heterocycles. The SMILES string of the molecule is Cc1cnc(CN2C[C@@H](C(F)(F)F)[C@H](C(N)=O)C2)o1. The van der Waals surface area contributed by atoms with E-state index in [1.807, 2.05) is 0 Å². The Kier molecular flexibility index (Phi) is 3.53. The molecule has 0 aliphatic carbocycles. The van der Waals surface area contributed by atoms with Crippen molar-refractivity contribution >= 4 is 5.91 Å².